The van der Waals surface area contributed by atoms with Gasteiger partial charge >= 0.3 is 6.03 Å². The second-order valence-electron chi connectivity index (χ2n) is 12.5. The molecule has 3 aromatic rings. The molecule has 3 aliphatic rings. The third kappa shape index (κ3) is 6.24. The number of allylic oxidation sites excluding steroid dienone is 1. The standard InChI is InChI=1S/C35H39N5O7/c1-20-28(46-3)14-13-25-29(20)37-30(21-9-11-23(45-2)12-10-21)38-32(25)47-24-16-26-27(17-24)33(43)40(34(36)44)15-7-5-4-6-8-22-18-35(22,19-41)39-31(26)42/h6,8-14,19,22,24,26-27H,4-5,7,15-18H2,1-3H3,(H2,36,44)(H,39,42)/b8-6+. The minimum Gasteiger partial charge on any atom is -0.497 e. The van der Waals surface area contributed by atoms with Crippen LogP contribution in [-0.4, -0.2) is 71.4 Å². The van der Waals surface area contributed by atoms with E-state index < -0.39 is 41.3 Å². The van der Waals surface area contributed by atoms with Gasteiger partial charge in [0, 0.05) is 23.6 Å². The van der Waals surface area contributed by atoms with Crippen molar-refractivity contribution in [1.82, 2.24) is 20.2 Å². The van der Waals surface area contributed by atoms with E-state index in [1.54, 1.807) is 14.2 Å². The van der Waals surface area contributed by atoms with Crippen molar-refractivity contribution in [3.8, 4) is 28.8 Å². The third-order valence-electron chi connectivity index (χ3n) is 9.59. The molecule has 4 amide bonds. The van der Waals surface area contributed by atoms with Crippen molar-refractivity contribution >= 4 is 35.0 Å². The number of methoxy groups -OCH3 is 2. The number of rotatable bonds is 6. The first-order valence-corrected chi connectivity index (χ1v) is 15.9. The second kappa shape index (κ2) is 13.0. The monoisotopic (exact) mass is 641 g/mol. The van der Waals surface area contributed by atoms with Crippen LogP contribution >= 0.6 is 0 Å². The van der Waals surface area contributed by atoms with E-state index in [0.717, 1.165) is 35.2 Å². The lowest BCUT2D eigenvalue weighted by molar-refractivity contribution is -0.139. The topological polar surface area (TPSA) is 163 Å². The maximum atomic E-state index is 13.9. The summed E-state index contributed by atoms with van der Waals surface area (Å²) in [4.78, 5) is 63.0. The van der Waals surface area contributed by atoms with Crippen molar-refractivity contribution in [3.63, 3.8) is 0 Å². The molecule has 0 radical (unpaired) electrons. The Morgan fingerprint density at radius 3 is 2.51 bits per heavy atom. The molecule has 12 nitrogen and oxygen atoms in total. The first kappa shape index (κ1) is 32.0. The van der Waals surface area contributed by atoms with Gasteiger partial charge in [0.2, 0.25) is 17.7 Å². The number of hydrogen-bond donors (Lipinski definition) is 2. The Hall–Kier alpha value is -5.00. The number of nitrogens with one attached hydrogen (secondary N) is 1. The number of carbonyl (C=O) groups is 4. The highest BCUT2D eigenvalue weighted by Crippen LogP contribution is 2.45. The predicted octanol–water partition coefficient (Wildman–Crippen LogP) is 4.12. The first-order chi connectivity index (χ1) is 22.7. The summed E-state index contributed by atoms with van der Waals surface area (Å²) in [5, 5.41) is 3.57. The average molecular weight is 642 g/mol. The summed E-state index contributed by atoms with van der Waals surface area (Å²) < 4.78 is 17.4. The van der Waals surface area contributed by atoms with Crippen LogP contribution in [0.25, 0.3) is 22.3 Å². The van der Waals surface area contributed by atoms with Crippen molar-refractivity contribution in [2.45, 2.75) is 57.1 Å². The van der Waals surface area contributed by atoms with Crippen LogP contribution in [-0.2, 0) is 14.4 Å². The van der Waals surface area contributed by atoms with Crippen molar-refractivity contribution in [3.05, 3.63) is 54.1 Å². The van der Waals surface area contributed by atoms with Gasteiger partial charge in [0.15, 0.2) is 5.82 Å². The molecule has 12 heteroatoms. The SMILES string of the molecule is COc1ccc(-c2nc(OC3CC4C(=O)NC5(C=O)CC5/C=C/CCCCN(C(N)=O)C(=O)C4C3)c3ccc(OC)c(C)c3n2)cc1. The highest BCUT2D eigenvalue weighted by Gasteiger charge is 2.56. The number of fused-ring (bicyclic) bond motifs is 3. The summed E-state index contributed by atoms with van der Waals surface area (Å²) >= 11 is 0. The number of aldehydes is 1. The number of benzene rings is 2. The normalized spacial score (nSPS) is 26.7. The molecule has 1 aliphatic heterocycles. The summed E-state index contributed by atoms with van der Waals surface area (Å²) in [6, 6.07) is 10.1. The molecule has 5 unspecified atom stereocenters. The van der Waals surface area contributed by atoms with Crippen LogP contribution in [0.5, 0.6) is 17.4 Å². The zero-order chi connectivity index (χ0) is 33.3. The van der Waals surface area contributed by atoms with Crippen LogP contribution in [0.15, 0.2) is 48.6 Å². The smallest absolute Gasteiger partial charge is 0.321 e. The molecule has 47 heavy (non-hydrogen) atoms. The van der Waals surface area contributed by atoms with Gasteiger partial charge in [-0.3, -0.25) is 14.5 Å². The van der Waals surface area contributed by atoms with Gasteiger partial charge in [-0.25, -0.2) is 9.78 Å². The molecule has 5 atom stereocenters. The fraction of sp³-hybridized carbons (Fsp3) is 0.429. The highest BCUT2D eigenvalue weighted by molar-refractivity contribution is 5.98. The Morgan fingerprint density at radius 2 is 1.81 bits per heavy atom. The van der Waals surface area contributed by atoms with E-state index in [9.17, 15) is 19.2 Å². The van der Waals surface area contributed by atoms with Crippen molar-refractivity contribution in [1.29, 1.82) is 0 Å². The fourth-order valence-electron chi connectivity index (χ4n) is 6.77. The lowest BCUT2D eigenvalue weighted by atomic mass is 9.93. The minimum atomic E-state index is -1.000. The zero-order valence-electron chi connectivity index (χ0n) is 26.7. The van der Waals surface area contributed by atoms with Crippen LogP contribution in [0.1, 0.15) is 44.1 Å². The Kier molecular flexibility index (Phi) is 8.85. The second-order valence-corrected chi connectivity index (χ2v) is 12.5. The van der Waals surface area contributed by atoms with E-state index in [0.29, 0.717) is 46.9 Å². The Labute approximate surface area is 272 Å². The number of urea groups is 1. The van der Waals surface area contributed by atoms with Crippen molar-refractivity contribution in [2.75, 3.05) is 20.8 Å². The number of carbonyl (C=O) groups excluding carboxylic acids is 4. The number of nitrogens with zero attached hydrogens (tertiary/aromatic N) is 3. The van der Waals surface area contributed by atoms with Gasteiger partial charge in [0.25, 0.3) is 0 Å². The number of aromatic nitrogens is 2. The molecule has 2 aromatic carbocycles. The average Bonchev–Trinajstić information content (AvgIpc) is 3.58. The largest absolute Gasteiger partial charge is 0.497 e. The van der Waals surface area contributed by atoms with Gasteiger partial charge in [-0.15, -0.1) is 0 Å². The first-order valence-electron chi connectivity index (χ1n) is 15.9. The number of primary amides is 1. The van der Waals surface area contributed by atoms with Gasteiger partial charge in [-0.2, -0.15) is 4.98 Å². The molecular formula is C35H39N5O7. The highest BCUT2D eigenvalue weighted by atomic mass is 16.5. The number of aryl methyl sites for hydroxylation is 1. The van der Waals surface area contributed by atoms with Crippen LogP contribution in [0.4, 0.5) is 4.79 Å². The van der Waals surface area contributed by atoms with E-state index in [1.807, 2.05) is 55.5 Å². The van der Waals surface area contributed by atoms with Crippen LogP contribution in [0, 0.1) is 24.7 Å². The fourth-order valence-corrected chi connectivity index (χ4v) is 6.77. The molecule has 246 valence electrons. The van der Waals surface area contributed by atoms with Gasteiger partial charge in [-0.05, 0) is 81.8 Å². The summed E-state index contributed by atoms with van der Waals surface area (Å²) in [7, 11) is 3.18. The van der Waals surface area contributed by atoms with Gasteiger partial charge in [0.05, 0.1) is 37.0 Å². The van der Waals surface area contributed by atoms with E-state index in [2.05, 4.69) is 5.32 Å². The van der Waals surface area contributed by atoms with Gasteiger partial charge in [0.1, 0.15) is 29.4 Å². The van der Waals surface area contributed by atoms with E-state index >= 15 is 0 Å². The van der Waals surface area contributed by atoms with Crippen molar-refractivity contribution < 1.29 is 33.4 Å². The summed E-state index contributed by atoms with van der Waals surface area (Å²) in [5.41, 5.74) is 6.83. The number of ether oxygens (including phenoxy) is 3. The van der Waals surface area contributed by atoms with E-state index in [1.165, 1.54) is 0 Å². The summed E-state index contributed by atoms with van der Waals surface area (Å²) in [6.45, 7) is 2.06. The number of imide groups is 1. The van der Waals surface area contributed by atoms with Crippen molar-refractivity contribution in [2.24, 2.45) is 23.5 Å². The molecule has 2 fully saturated rings. The summed E-state index contributed by atoms with van der Waals surface area (Å²) in [6.07, 6.45) is 6.96. The minimum absolute atomic E-state index is 0.0967. The maximum absolute atomic E-state index is 13.9. The molecule has 2 aliphatic carbocycles. The summed E-state index contributed by atoms with van der Waals surface area (Å²) in [5.74, 6) is -0.734. The number of nitrogens with two attached hydrogens (primary N) is 1. The molecule has 0 spiro atoms. The Morgan fingerprint density at radius 1 is 1.04 bits per heavy atom. The lowest BCUT2D eigenvalue weighted by Crippen LogP contribution is -2.49. The van der Waals surface area contributed by atoms with Crippen LogP contribution in [0.3, 0.4) is 0 Å². The molecule has 3 N–H and O–H groups in total. The van der Waals surface area contributed by atoms with E-state index in [4.69, 9.17) is 29.9 Å². The Balaban J connectivity index is 1.36. The molecule has 0 saturated heterocycles. The molecule has 2 saturated carbocycles. The van der Waals surface area contributed by atoms with Crippen LogP contribution in [0.2, 0.25) is 0 Å². The molecule has 0 bridgehead atoms. The number of amides is 4. The third-order valence-corrected chi connectivity index (χ3v) is 9.59. The molecule has 6 rings (SSSR count). The predicted molar refractivity (Wildman–Crippen MR) is 173 cm³/mol. The molecular weight excluding hydrogens is 602 g/mol. The van der Waals surface area contributed by atoms with Crippen LogP contribution < -0.4 is 25.3 Å². The lowest BCUT2D eigenvalue weighted by Gasteiger charge is -2.26. The van der Waals surface area contributed by atoms with Gasteiger partial charge < -0.3 is 30.1 Å². The molecule has 1 aromatic heterocycles. The quantitative estimate of drug-likeness (QED) is 0.298. The molecule has 2 heterocycles. The van der Waals surface area contributed by atoms with Gasteiger partial charge in [-0.1, -0.05) is 12.2 Å². The Bertz CT molecular complexity index is 1740. The maximum Gasteiger partial charge on any atom is 0.321 e. The van der Waals surface area contributed by atoms with E-state index in [-0.39, 0.29) is 25.3 Å². The zero-order valence-corrected chi connectivity index (χ0v) is 26.7. The number of hydrogen-bond acceptors (Lipinski definition) is 9.